The van der Waals surface area contributed by atoms with Gasteiger partial charge in [-0.15, -0.1) is 0 Å². The largest absolute Gasteiger partial charge is 0.453 e. The van der Waals surface area contributed by atoms with Gasteiger partial charge in [-0.05, 0) is 24.1 Å². The minimum Gasteiger partial charge on any atom is -0.453 e. The van der Waals surface area contributed by atoms with Crippen molar-refractivity contribution >= 4 is 12.2 Å². The van der Waals surface area contributed by atoms with Crippen LogP contribution in [-0.4, -0.2) is 19.2 Å². The van der Waals surface area contributed by atoms with Gasteiger partial charge in [0.05, 0.1) is 0 Å². The molecule has 4 nitrogen and oxygen atoms in total. The Morgan fingerprint density at radius 3 is 2.74 bits per heavy atom. The minimum absolute atomic E-state index is 0.00262. The van der Waals surface area contributed by atoms with Gasteiger partial charge in [0.1, 0.15) is 5.76 Å². The zero-order valence-electron chi connectivity index (χ0n) is 10.7. The van der Waals surface area contributed by atoms with Gasteiger partial charge in [-0.25, -0.2) is 0 Å². The molecule has 1 heterocycles. The number of carbonyl (C=O) groups excluding carboxylic acids is 2. The van der Waals surface area contributed by atoms with Crippen LogP contribution in [0.25, 0.3) is 11.3 Å². The van der Waals surface area contributed by atoms with Gasteiger partial charge in [-0.1, -0.05) is 24.3 Å². The molecule has 1 aromatic carbocycles. The first-order valence-corrected chi connectivity index (χ1v) is 6.08. The Morgan fingerprint density at radius 1 is 1.26 bits per heavy atom. The molecule has 19 heavy (non-hydrogen) atoms. The molecule has 0 saturated heterocycles. The van der Waals surface area contributed by atoms with Crippen LogP contribution in [0, 0.1) is 0 Å². The van der Waals surface area contributed by atoms with Crippen LogP contribution in [0.2, 0.25) is 0 Å². The number of carbonyl (C=O) groups is 2. The first-order chi connectivity index (χ1) is 9.24. The maximum absolute atomic E-state index is 11.3. The van der Waals surface area contributed by atoms with E-state index in [0.717, 1.165) is 11.1 Å². The van der Waals surface area contributed by atoms with Crippen LogP contribution in [0.3, 0.4) is 0 Å². The molecule has 0 bridgehead atoms. The van der Waals surface area contributed by atoms with E-state index in [1.165, 1.54) is 0 Å². The number of hydrogen-bond donors (Lipinski definition) is 1. The van der Waals surface area contributed by atoms with Crippen molar-refractivity contribution in [2.75, 3.05) is 7.05 Å². The van der Waals surface area contributed by atoms with E-state index in [-0.39, 0.29) is 5.91 Å². The van der Waals surface area contributed by atoms with E-state index < -0.39 is 0 Å². The maximum Gasteiger partial charge on any atom is 0.220 e. The molecular weight excluding hydrogens is 242 g/mol. The number of nitrogens with one attached hydrogen (secondary N) is 1. The summed E-state index contributed by atoms with van der Waals surface area (Å²) in [5.41, 5.74) is 1.94. The van der Waals surface area contributed by atoms with Crippen LogP contribution in [-0.2, 0) is 11.2 Å². The van der Waals surface area contributed by atoms with Gasteiger partial charge in [0.25, 0.3) is 0 Å². The van der Waals surface area contributed by atoms with Gasteiger partial charge in [-0.2, -0.15) is 0 Å². The molecule has 2 aromatic rings. The predicted octanol–water partition coefficient (Wildman–Crippen LogP) is 2.44. The highest BCUT2D eigenvalue weighted by Crippen LogP contribution is 2.26. The van der Waals surface area contributed by atoms with Gasteiger partial charge in [0.2, 0.25) is 5.91 Å². The molecule has 4 heteroatoms. The predicted molar refractivity (Wildman–Crippen MR) is 71.9 cm³/mol. The van der Waals surface area contributed by atoms with E-state index in [4.69, 9.17) is 4.42 Å². The molecule has 0 fully saturated rings. The highest BCUT2D eigenvalue weighted by Gasteiger charge is 2.10. The average molecular weight is 257 g/mol. The van der Waals surface area contributed by atoms with Crippen molar-refractivity contribution in [3.05, 3.63) is 47.7 Å². The Kier molecular flexibility index (Phi) is 4.13. The van der Waals surface area contributed by atoms with E-state index in [2.05, 4.69) is 5.32 Å². The third-order valence-electron chi connectivity index (χ3n) is 2.93. The molecule has 98 valence electrons. The summed E-state index contributed by atoms with van der Waals surface area (Å²) in [4.78, 5) is 21.9. The first kappa shape index (κ1) is 13.1. The topological polar surface area (TPSA) is 59.3 Å². The summed E-state index contributed by atoms with van der Waals surface area (Å²) >= 11 is 0. The Labute approximate surface area is 111 Å². The molecule has 0 radical (unpaired) electrons. The molecule has 0 spiro atoms. The summed E-state index contributed by atoms with van der Waals surface area (Å²) in [7, 11) is 1.62. The SMILES string of the molecule is CNC(=O)CCc1ccccc1-c1ccc(C=O)o1. The first-order valence-electron chi connectivity index (χ1n) is 6.08. The van der Waals surface area contributed by atoms with Gasteiger partial charge >= 0.3 is 0 Å². The number of benzene rings is 1. The second-order valence-corrected chi connectivity index (χ2v) is 4.15. The van der Waals surface area contributed by atoms with Crippen LogP contribution < -0.4 is 5.32 Å². The molecule has 0 aliphatic carbocycles. The molecule has 0 aliphatic rings. The van der Waals surface area contributed by atoms with E-state index >= 15 is 0 Å². The van der Waals surface area contributed by atoms with Crippen molar-refractivity contribution in [1.29, 1.82) is 0 Å². The molecular formula is C15H15NO3. The Morgan fingerprint density at radius 2 is 2.05 bits per heavy atom. The van der Waals surface area contributed by atoms with Gasteiger partial charge in [0.15, 0.2) is 12.0 Å². The Hall–Kier alpha value is -2.36. The molecule has 0 unspecified atom stereocenters. The van der Waals surface area contributed by atoms with Crippen LogP contribution >= 0.6 is 0 Å². The smallest absolute Gasteiger partial charge is 0.220 e. The second-order valence-electron chi connectivity index (χ2n) is 4.15. The van der Waals surface area contributed by atoms with Gasteiger partial charge in [-0.3, -0.25) is 9.59 Å². The fourth-order valence-electron chi connectivity index (χ4n) is 1.91. The lowest BCUT2D eigenvalue weighted by atomic mass is 10.0. The summed E-state index contributed by atoms with van der Waals surface area (Å²) in [5.74, 6) is 0.952. The second kappa shape index (κ2) is 6.00. The fraction of sp³-hybridized carbons (Fsp3) is 0.200. The molecule has 1 N–H and O–H groups in total. The number of hydrogen-bond acceptors (Lipinski definition) is 3. The zero-order chi connectivity index (χ0) is 13.7. The van der Waals surface area contributed by atoms with Crippen LogP contribution in [0.15, 0.2) is 40.8 Å². The summed E-state index contributed by atoms with van der Waals surface area (Å²) < 4.78 is 5.42. The van der Waals surface area contributed by atoms with E-state index in [9.17, 15) is 9.59 Å². The lowest BCUT2D eigenvalue weighted by molar-refractivity contribution is -0.120. The van der Waals surface area contributed by atoms with Crippen molar-refractivity contribution < 1.29 is 14.0 Å². The Balaban J connectivity index is 2.25. The van der Waals surface area contributed by atoms with Crippen molar-refractivity contribution in [1.82, 2.24) is 5.32 Å². The maximum atomic E-state index is 11.3. The van der Waals surface area contributed by atoms with E-state index in [1.54, 1.807) is 19.2 Å². The highest BCUT2D eigenvalue weighted by atomic mass is 16.3. The van der Waals surface area contributed by atoms with E-state index in [0.29, 0.717) is 30.6 Å². The number of furan rings is 1. The zero-order valence-corrected chi connectivity index (χ0v) is 10.7. The normalized spacial score (nSPS) is 10.2. The van der Waals surface area contributed by atoms with Crippen molar-refractivity contribution in [3.8, 4) is 11.3 Å². The average Bonchev–Trinajstić information content (AvgIpc) is 2.93. The lowest BCUT2D eigenvalue weighted by Crippen LogP contribution is -2.18. The van der Waals surface area contributed by atoms with Crippen LogP contribution in [0.4, 0.5) is 0 Å². The molecule has 0 aliphatic heterocycles. The van der Waals surface area contributed by atoms with Crippen LogP contribution in [0.5, 0.6) is 0 Å². The summed E-state index contributed by atoms with van der Waals surface area (Å²) in [5, 5.41) is 2.60. The van der Waals surface area contributed by atoms with E-state index in [1.807, 2.05) is 24.3 Å². The number of aryl methyl sites for hydroxylation is 1. The molecule has 1 amide bonds. The molecule has 0 atom stereocenters. The number of rotatable bonds is 5. The quantitative estimate of drug-likeness (QED) is 0.837. The third-order valence-corrected chi connectivity index (χ3v) is 2.93. The third kappa shape index (κ3) is 3.10. The Bertz CT molecular complexity index is 587. The van der Waals surface area contributed by atoms with Crippen molar-refractivity contribution in [2.45, 2.75) is 12.8 Å². The fourth-order valence-corrected chi connectivity index (χ4v) is 1.91. The van der Waals surface area contributed by atoms with Gasteiger partial charge < -0.3 is 9.73 Å². The summed E-state index contributed by atoms with van der Waals surface area (Å²) in [6, 6.07) is 11.1. The lowest BCUT2D eigenvalue weighted by Gasteiger charge is -2.06. The molecule has 1 aromatic heterocycles. The molecule has 2 rings (SSSR count). The minimum atomic E-state index is 0.00262. The van der Waals surface area contributed by atoms with Crippen LogP contribution in [0.1, 0.15) is 22.5 Å². The standard InChI is InChI=1S/C15H15NO3/c1-16-15(18)9-6-11-4-2-3-5-13(11)14-8-7-12(10-17)19-14/h2-5,7-8,10H,6,9H2,1H3,(H,16,18). The van der Waals surface area contributed by atoms with Crippen molar-refractivity contribution in [2.24, 2.45) is 0 Å². The van der Waals surface area contributed by atoms with Crippen molar-refractivity contribution in [3.63, 3.8) is 0 Å². The number of aldehydes is 1. The van der Waals surface area contributed by atoms with Gasteiger partial charge in [0, 0.05) is 19.0 Å². The number of amides is 1. The summed E-state index contributed by atoms with van der Waals surface area (Å²) in [6.07, 6.45) is 1.73. The summed E-state index contributed by atoms with van der Waals surface area (Å²) in [6.45, 7) is 0. The highest BCUT2D eigenvalue weighted by molar-refractivity contribution is 5.77. The monoisotopic (exact) mass is 257 g/mol. The molecule has 0 saturated carbocycles.